The molecule has 5 atom stereocenters. The molecule has 1 aliphatic carbocycles. The van der Waals surface area contributed by atoms with E-state index in [0.717, 1.165) is 42.7 Å². The molecule has 3 fully saturated rings. The minimum absolute atomic E-state index is 0.234. The van der Waals surface area contributed by atoms with Gasteiger partial charge in [0.1, 0.15) is 0 Å². The summed E-state index contributed by atoms with van der Waals surface area (Å²) in [5.41, 5.74) is 6.37. The molecule has 2 aliphatic heterocycles. The zero-order valence-electron chi connectivity index (χ0n) is 13.9. The maximum Gasteiger partial charge on any atom is 0.0783 e. The van der Waals surface area contributed by atoms with Crippen LogP contribution >= 0.6 is 11.8 Å². The molecule has 3 heteroatoms. The normalized spacial score (nSPS) is 44.6. The number of hydrogen-bond donors (Lipinski definition) is 1. The van der Waals surface area contributed by atoms with Gasteiger partial charge in [0.2, 0.25) is 0 Å². The van der Waals surface area contributed by atoms with Crippen LogP contribution in [0.5, 0.6) is 0 Å². The van der Waals surface area contributed by atoms with Gasteiger partial charge in [-0.3, -0.25) is 0 Å². The van der Waals surface area contributed by atoms with Crippen molar-refractivity contribution in [3.8, 4) is 0 Å². The average Bonchev–Trinajstić information content (AvgIpc) is 2.94. The molecule has 2 N–H and O–H groups in total. The molecular formula is C18H33NOS. The lowest BCUT2D eigenvalue weighted by molar-refractivity contribution is -0.0993. The van der Waals surface area contributed by atoms with Crippen molar-refractivity contribution < 1.29 is 4.74 Å². The second-order valence-corrected chi connectivity index (χ2v) is 9.17. The second kappa shape index (κ2) is 6.80. The maximum absolute atomic E-state index is 6.24. The van der Waals surface area contributed by atoms with Gasteiger partial charge >= 0.3 is 0 Å². The lowest BCUT2D eigenvalue weighted by Gasteiger charge is -2.46. The van der Waals surface area contributed by atoms with Gasteiger partial charge in [0.05, 0.1) is 5.60 Å². The Labute approximate surface area is 135 Å². The molecule has 0 aromatic rings. The quantitative estimate of drug-likeness (QED) is 0.857. The summed E-state index contributed by atoms with van der Waals surface area (Å²) in [5, 5.41) is 0. The Hall–Kier alpha value is 0.270. The summed E-state index contributed by atoms with van der Waals surface area (Å²) in [6, 6.07) is 0. The van der Waals surface area contributed by atoms with Gasteiger partial charge < -0.3 is 10.5 Å². The average molecular weight is 312 g/mol. The fourth-order valence-electron chi connectivity index (χ4n) is 5.07. The molecule has 2 saturated heterocycles. The fourth-order valence-corrected chi connectivity index (χ4v) is 6.45. The van der Waals surface area contributed by atoms with Gasteiger partial charge in [0.15, 0.2) is 0 Å². The van der Waals surface area contributed by atoms with E-state index in [4.69, 9.17) is 10.5 Å². The summed E-state index contributed by atoms with van der Waals surface area (Å²) in [6.45, 7) is 6.70. The number of hydrogen-bond acceptors (Lipinski definition) is 3. The molecule has 1 spiro atoms. The third-order valence-electron chi connectivity index (χ3n) is 6.54. The molecule has 0 bridgehead atoms. The molecule has 3 aliphatic rings. The van der Waals surface area contributed by atoms with Crippen LogP contribution in [0.15, 0.2) is 0 Å². The van der Waals surface area contributed by atoms with Crippen LogP contribution in [0.25, 0.3) is 0 Å². The topological polar surface area (TPSA) is 35.2 Å². The summed E-state index contributed by atoms with van der Waals surface area (Å²) in [4.78, 5) is 0. The van der Waals surface area contributed by atoms with Crippen molar-refractivity contribution in [2.45, 2.75) is 58.0 Å². The van der Waals surface area contributed by atoms with Crippen molar-refractivity contribution in [3.05, 3.63) is 0 Å². The van der Waals surface area contributed by atoms with Gasteiger partial charge in [-0.2, -0.15) is 11.8 Å². The van der Waals surface area contributed by atoms with E-state index < -0.39 is 0 Å². The van der Waals surface area contributed by atoms with Gasteiger partial charge in [0.25, 0.3) is 0 Å². The number of thioether (sulfide) groups is 1. The van der Waals surface area contributed by atoms with E-state index in [0.29, 0.717) is 0 Å². The molecule has 1 saturated carbocycles. The maximum atomic E-state index is 6.24. The fraction of sp³-hybridized carbons (Fsp3) is 1.00. The zero-order valence-corrected chi connectivity index (χ0v) is 14.7. The first-order valence-corrected chi connectivity index (χ1v) is 10.2. The Morgan fingerprint density at radius 1 is 1.29 bits per heavy atom. The number of ether oxygens (including phenoxy) is 1. The monoisotopic (exact) mass is 311 g/mol. The molecule has 2 heterocycles. The molecule has 122 valence electrons. The van der Waals surface area contributed by atoms with Crippen molar-refractivity contribution in [1.29, 1.82) is 0 Å². The van der Waals surface area contributed by atoms with E-state index in [-0.39, 0.29) is 5.60 Å². The van der Waals surface area contributed by atoms with Gasteiger partial charge in [-0.25, -0.2) is 0 Å². The van der Waals surface area contributed by atoms with E-state index >= 15 is 0 Å². The second-order valence-electron chi connectivity index (χ2n) is 8.06. The molecule has 0 aromatic carbocycles. The van der Waals surface area contributed by atoms with Crippen molar-refractivity contribution in [1.82, 2.24) is 0 Å². The zero-order chi connectivity index (χ0) is 14.9. The van der Waals surface area contributed by atoms with E-state index in [1.165, 1.54) is 50.0 Å². The van der Waals surface area contributed by atoms with Gasteiger partial charge in [-0.1, -0.05) is 13.8 Å². The summed E-state index contributed by atoms with van der Waals surface area (Å²) in [6.07, 6.45) is 8.06. The van der Waals surface area contributed by atoms with E-state index in [2.05, 4.69) is 25.6 Å². The summed E-state index contributed by atoms with van der Waals surface area (Å²) in [5.74, 6) is 6.80. The Balaban J connectivity index is 1.69. The SMILES string of the molecule is CC(C)C1CCC(CN)C(C2CCOC3(CCSC3)C2)C1. The molecule has 3 rings (SSSR count). The van der Waals surface area contributed by atoms with Crippen molar-refractivity contribution in [2.75, 3.05) is 24.7 Å². The lowest BCUT2D eigenvalue weighted by Crippen LogP contribution is -2.45. The Kier molecular flexibility index (Phi) is 5.23. The molecule has 0 radical (unpaired) electrons. The molecular weight excluding hydrogens is 278 g/mol. The lowest BCUT2D eigenvalue weighted by atomic mass is 9.63. The van der Waals surface area contributed by atoms with E-state index in [1.54, 1.807) is 0 Å². The first-order chi connectivity index (χ1) is 10.1. The van der Waals surface area contributed by atoms with Gasteiger partial charge in [0, 0.05) is 12.4 Å². The van der Waals surface area contributed by atoms with Crippen LogP contribution in [0.3, 0.4) is 0 Å². The summed E-state index contributed by atoms with van der Waals surface area (Å²) < 4.78 is 6.24. The first-order valence-electron chi connectivity index (χ1n) is 9.05. The third kappa shape index (κ3) is 3.45. The number of nitrogens with two attached hydrogens (primary N) is 1. The van der Waals surface area contributed by atoms with Crippen molar-refractivity contribution >= 4 is 11.8 Å². The van der Waals surface area contributed by atoms with E-state index in [1.807, 2.05) is 0 Å². The van der Waals surface area contributed by atoms with Crippen LogP contribution < -0.4 is 5.73 Å². The molecule has 0 aromatic heterocycles. The summed E-state index contributed by atoms with van der Waals surface area (Å²) in [7, 11) is 0. The van der Waals surface area contributed by atoms with Crippen LogP contribution in [-0.2, 0) is 4.74 Å². The third-order valence-corrected chi connectivity index (χ3v) is 7.76. The van der Waals surface area contributed by atoms with Crippen molar-refractivity contribution in [3.63, 3.8) is 0 Å². The van der Waals surface area contributed by atoms with Gasteiger partial charge in [-0.05, 0) is 80.4 Å². The van der Waals surface area contributed by atoms with Crippen LogP contribution in [0, 0.1) is 29.6 Å². The smallest absolute Gasteiger partial charge is 0.0783 e. The predicted octanol–water partition coefficient (Wildman–Crippen LogP) is 3.94. The van der Waals surface area contributed by atoms with Crippen LogP contribution in [0.1, 0.15) is 52.4 Å². The standard InChI is InChI=1S/C18H33NOS/c1-13(2)14-3-4-16(11-19)17(9-14)15-5-7-20-18(10-15)6-8-21-12-18/h13-17H,3-12,19H2,1-2H3. The van der Waals surface area contributed by atoms with E-state index in [9.17, 15) is 0 Å². The molecule has 5 unspecified atom stereocenters. The first kappa shape index (κ1) is 16.1. The molecule has 21 heavy (non-hydrogen) atoms. The highest BCUT2D eigenvalue weighted by atomic mass is 32.2. The minimum atomic E-state index is 0.234. The highest BCUT2D eigenvalue weighted by molar-refractivity contribution is 7.99. The Morgan fingerprint density at radius 2 is 2.14 bits per heavy atom. The van der Waals surface area contributed by atoms with Gasteiger partial charge in [-0.15, -0.1) is 0 Å². The van der Waals surface area contributed by atoms with Crippen LogP contribution in [0.4, 0.5) is 0 Å². The minimum Gasteiger partial charge on any atom is -0.374 e. The largest absolute Gasteiger partial charge is 0.374 e. The number of rotatable bonds is 3. The van der Waals surface area contributed by atoms with Crippen LogP contribution in [0.2, 0.25) is 0 Å². The highest BCUT2D eigenvalue weighted by Gasteiger charge is 2.45. The highest BCUT2D eigenvalue weighted by Crippen LogP contribution is 2.48. The molecule has 0 amide bonds. The predicted molar refractivity (Wildman–Crippen MR) is 91.6 cm³/mol. The Morgan fingerprint density at radius 3 is 2.81 bits per heavy atom. The molecule has 2 nitrogen and oxygen atoms in total. The van der Waals surface area contributed by atoms with Crippen molar-refractivity contribution in [2.24, 2.45) is 35.3 Å². The summed E-state index contributed by atoms with van der Waals surface area (Å²) >= 11 is 2.09. The van der Waals surface area contributed by atoms with Crippen LogP contribution in [-0.4, -0.2) is 30.3 Å². The Bertz CT molecular complexity index is 340.